The number of carbonyl (C=O) groups is 2. The molecular formula is C6H7FO4. The predicted molar refractivity (Wildman–Crippen MR) is 33.2 cm³/mol. The number of ether oxygens (including phenoxy) is 2. The number of carbonyl (C=O) groups excluding carboxylic acids is 2. The molecule has 0 aromatic rings. The van der Waals surface area contributed by atoms with Crippen LogP contribution in [-0.2, 0) is 19.1 Å². The lowest BCUT2D eigenvalue weighted by Gasteiger charge is -1.93. The molecule has 0 saturated heterocycles. The molecule has 5 heteroatoms. The molecule has 0 atom stereocenters. The van der Waals surface area contributed by atoms with Crippen LogP contribution in [0.1, 0.15) is 0 Å². The summed E-state index contributed by atoms with van der Waals surface area (Å²) in [6.45, 7) is 0. The van der Waals surface area contributed by atoms with Crippen LogP contribution in [0.2, 0.25) is 0 Å². The topological polar surface area (TPSA) is 52.6 Å². The maximum Gasteiger partial charge on any atom is 0.367 e. The first-order chi connectivity index (χ1) is 5.11. The summed E-state index contributed by atoms with van der Waals surface area (Å²) in [6, 6.07) is 0. The zero-order valence-corrected chi connectivity index (χ0v) is 6.09. The standard InChI is InChI=1S/C6H7FO4/c1-10-5(8)3-4(7)6(9)11-2/h3H,1-2H3. The van der Waals surface area contributed by atoms with Gasteiger partial charge in [-0.1, -0.05) is 0 Å². The maximum atomic E-state index is 12.3. The Hall–Kier alpha value is -1.39. The van der Waals surface area contributed by atoms with E-state index in [4.69, 9.17) is 0 Å². The van der Waals surface area contributed by atoms with Crippen LogP contribution in [0, 0.1) is 0 Å². The molecule has 0 aliphatic heterocycles. The first-order valence-electron chi connectivity index (χ1n) is 2.65. The highest BCUT2D eigenvalue weighted by Crippen LogP contribution is 1.98. The van der Waals surface area contributed by atoms with Crippen molar-refractivity contribution in [3.8, 4) is 0 Å². The fraction of sp³-hybridized carbons (Fsp3) is 0.333. The quantitative estimate of drug-likeness (QED) is 0.429. The summed E-state index contributed by atoms with van der Waals surface area (Å²) in [5, 5.41) is 0. The van der Waals surface area contributed by atoms with E-state index >= 15 is 0 Å². The largest absolute Gasteiger partial charge is 0.466 e. The molecule has 62 valence electrons. The Bertz CT molecular complexity index is 197. The number of halogens is 1. The Kier molecular flexibility index (Phi) is 3.87. The van der Waals surface area contributed by atoms with Gasteiger partial charge < -0.3 is 9.47 Å². The molecule has 0 saturated carbocycles. The molecule has 0 fully saturated rings. The van der Waals surface area contributed by atoms with Crippen molar-refractivity contribution in [1.29, 1.82) is 0 Å². The molecule has 0 rings (SSSR count). The van der Waals surface area contributed by atoms with Gasteiger partial charge in [-0.15, -0.1) is 0 Å². The molecule has 0 radical (unpaired) electrons. The predicted octanol–water partition coefficient (Wildman–Crippen LogP) is 0.186. The molecule has 0 bridgehead atoms. The zero-order valence-electron chi connectivity index (χ0n) is 6.09. The molecule has 0 aliphatic rings. The molecule has 0 N–H and O–H groups in total. The zero-order chi connectivity index (χ0) is 8.85. The first-order valence-corrected chi connectivity index (χ1v) is 2.65. The van der Waals surface area contributed by atoms with E-state index < -0.39 is 17.8 Å². The minimum Gasteiger partial charge on any atom is -0.466 e. The van der Waals surface area contributed by atoms with E-state index in [1.807, 2.05) is 0 Å². The van der Waals surface area contributed by atoms with Crippen molar-refractivity contribution in [3.05, 3.63) is 11.9 Å². The highest BCUT2D eigenvalue weighted by Gasteiger charge is 2.10. The van der Waals surface area contributed by atoms with Crippen molar-refractivity contribution < 1.29 is 23.5 Å². The number of esters is 2. The maximum absolute atomic E-state index is 12.3. The fourth-order valence-electron chi connectivity index (χ4n) is 0.319. The van der Waals surface area contributed by atoms with Crippen molar-refractivity contribution in [2.45, 2.75) is 0 Å². The van der Waals surface area contributed by atoms with Gasteiger partial charge in [0.2, 0.25) is 5.83 Å². The van der Waals surface area contributed by atoms with E-state index in [1.54, 1.807) is 0 Å². The van der Waals surface area contributed by atoms with Crippen LogP contribution in [0.4, 0.5) is 4.39 Å². The molecule has 0 aliphatic carbocycles. The van der Waals surface area contributed by atoms with Crippen molar-refractivity contribution in [2.24, 2.45) is 0 Å². The average Bonchev–Trinajstić information content (AvgIpc) is 2.02. The molecule has 0 aromatic heterocycles. The van der Waals surface area contributed by atoms with Crippen LogP contribution >= 0.6 is 0 Å². The second-order valence-electron chi connectivity index (χ2n) is 1.51. The minimum atomic E-state index is -1.28. The molecule has 4 nitrogen and oxygen atoms in total. The second kappa shape index (κ2) is 4.43. The van der Waals surface area contributed by atoms with Crippen LogP contribution < -0.4 is 0 Å². The van der Waals surface area contributed by atoms with Crippen LogP contribution in [-0.4, -0.2) is 26.2 Å². The first kappa shape index (κ1) is 9.61. The SMILES string of the molecule is COC(=O)C=C(F)C(=O)OC. The highest BCUT2D eigenvalue weighted by molar-refractivity contribution is 5.94. The summed E-state index contributed by atoms with van der Waals surface area (Å²) in [6.07, 6.45) is 0.409. The molecule has 0 aromatic carbocycles. The second-order valence-corrected chi connectivity index (χ2v) is 1.51. The Balaban J connectivity index is 4.21. The number of hydrogen-bond acceptors (Lipinski definition) is 4. The normalized spacial score (nSPS) is 10.6. The lowest BCUT2D eigenvalue weighted by atomic mass is 10.5. The number of rotatable bonds is 2. The van der Waals surface area contributed by atoms with Crippen molar-refractivity contribution in [1.82, 2.24) is 0 Å². The molecule has 0 heterocycles. The van der Waals surface area contributed by atoms with Gasteiger partial charge in [0.15, 0.2) is 0 Å². The van der Waals surface area contributed by atoms with Crippen molar-refractivity contribution >= 4 is 11.9 Å². The number of methoxy groups -OCH3 is 2. The Labute approximate surface area is 62.6 Å². The molecule has 0 amide bonds. The number of hydrogen-bond donors (Lipinski definition) is 0. The summed E-state index contributed by atoms with van der Waals surface area (Å²) in [5.74, 6) is -3.41. The van der Waals surface area contributed by atoms with Gasteiger partial charge in [-0.3, -0.25) is 0 Å². The van der Waals surface area contributed by atoms with Crippen LogP contribution in [0.25, 0.3) is 0 Å². The van der Waals surface area contributed by atoms with Gasteiger partial charge in [0, 0.05) is 0 Å². The molecular weight excluding hydrogens is 155 g/mol. The van der Waals surface area contributed by atoms with E-state index in [2.05, 4.69) is 9.47 Å². The van der Waals surface area contributed by atoms with E-state index in [-0.39, 0.29) is 0 Å². The van der Waals surface area contributed by atoms with Gasteiger partial charge in [-0.2, -0.15) is 4.39 Å². The third kappa shape index (κ3) is 3.34. The molecule has 0 spiro atoms. The summed E-state index contributed by atoms with van der Waals surface area (Å²) in [4.78, 5) is 20.6. The fourth-order valence-corrected chi connectivity index (χ4v) is 0.319. The van der Waals surface area contributed by atoms with Crippen LogP contribution in [0.3, 0.4) is 0 Å². The monoisotopic (exact) mass is 162 g/mol. The summed E-state index contributed by atoms with van der Waals surface area (Å²) in [5.41, 5.74) is 0. The van der Waals surface area contributed by atoms with Crippen molar-refractivity contribution in [3.63, 3.8) is 0 Å². The molecule has 0 unspecified atom stereocenters. The van der Waals surface area contributed by atoms with Gasteiger partial charge >= 0.3 is 11.9 Å². The Morgan fingerprint density at radius 1 is 1.27 bits per heavy atom. The minimum absolute atomic E-state index is 0.409. The smallest absolute Gasteiger partial charge is 0.367 e. The van der Waals surface area contributed by atoms with E-state index in [0.717, 1.165) is 14.2 Å². The third-order valence-electron chi connectivity index (χ3n) is 0.826. The summed E-state index contributed by atoms with van der Waals surface area (Å²) in [7, 11) is 2.08. The lowest BCUT2D eigenvalue weighted by molar-refractivity contribution is -0.139. The lowest BCUT2D eigenvalue weighted by Crippen LogP contribution is -2.04. The Morgan fingerprint density at radius 3 is 2.18 bits per heavy atom. The van der Waals surface area contributed by atoms with Crippen LogP contribution in [0.5, 0.6) is 0 Å². The summed E-state index contributed by atoms with van der Waals surface area (Å²) < 4.78 is 20.3. The molecule has 11 heavy (non-hydrogen) atoms. The average molecular weight is 162 g/mol. The summed E-state index contributed by atoms with van der Waals surface area (Å²) >= 11 is 0. The van der Waals surface area contributed by atoms with E-state index in [0.29, 0.717) is 6.08 Å². The third-order valence-corrected chi connectivity index (χ3v) is 0.826. The van der Waals surface area contributed by atoms with Crippen LogP contribution in [0.15, 0.2) is 11.9 Å². The van der Waals surface area contributed by atoms with Crippen molar-refractivity contribution in [2.75, 3.05) is 14.2 Å². The van der Waals surface area contributed by atoms with Gasteiger partial charge in [-0.25, -0.2) is 9.59 Å². The van der Waals surface area contributed by atoms with Gasteiger partial charge in [0.05, 0.1) is 20.3 Å². The van der Waals surface area contributed by atoms with E-state index in [9.17, 15) is 14.0 Å². The van der Waals surface area contributed by atoms with Gasteiger partial charge in [0.1, 0.15) is 0 Å². The van der Waals surface area contributed by atoms with Gasteiger partial charge in [0.25, 0.3) is 0 Å². The Morgan fingerprint density at radius 2 is 1.82 bits per heavy atom. The van der Waals surface area contributed by atoms with Gasteiger partial charge in [-0.05, 0) is 0 Å². The van der Waals surface area contributed by atoms with E-state index in [1.165, 1.54) is 0 Å². The highest BCUT2D eigenvalue weighted by atomic mass is 19.1.